The molecular weight excluding hydrogens is 396 g/mol. The van der Waals surface area contributed by atoms with Crippen LogP contribution in [0.1, 0.15) is 18.1 Å². The third-order valence-corrected chi connectivity index (χ3v) is 4.86. The molecule has 9 nitrogen and oxygen atoms in total. The van der Waals surface area contributed by atoms with E-state index >= 15 is 0 Å². The molecule has 3 aromatic heterocycles. The third kappa shape index (κ3) is 3.68. The zero-order valence-corrected chi connectivity index (χ0v) is 16.6. The summed E-state index contributed by atoms with van der Waals surface area (Å²) in [6.07, 6.45) is 1.93. The molecule has 9 heteroatoms. The Bertz CT molecular complexity index is 1470. The Morgan fingerprint density at radius 2 is 2.00 bits per heavy atom. The quantitative estimate of drug-likeness (QED) is 0.456. The van der Waals surface area contributed by atoms with Crippen LogP contribution < -0.4 is 10.9 Å². The predicted molar refractivity (Wildman–Crippen MR) is 115 cm³/mol. The van der Waals surface area contributed by atoms with Crippen LogP contribution in [0.2, 0.25) is 0 Å². The topological polar surface area (TPSA) is 119 Å². The lowest BCUT2D eigenvalue weighted by molar-refractivity contribution is -0.116. The average molecular weight is 414 g/mol. The van der Waals surface area contributed by atoms with Crippen molar-refractivity contribution in [1.82, 2.24) is 24.7 Å². The summed E-state index contributed by atoms with van der Waals surface area (Å²) >= 11 is 0. The normalized spacial score (nSPS) is 11.3. The lowest BCUT2D eigenvalue weighted by atomic mass is 10.2. The van der Waals surface area contributed by atoms with Crippen molar-refractivity contribution in [3.05, 3.63) is 76.8 Å². The van der Waals surface area contributed by atoms with Gasteiger partial charge in [0.15, 0.2) is 17.1 Å². The van der Waals surface area contributed by atoms with E-state index in [2.05, 4.69) is 25.4 Å². The van der Waals surface area contributed by atoms with Gasteiger partial charge in [-0.15, -0.1) is 0 Å². The molecule has 0 saturated carbocycles. The number of aromatic nitrogens is 5. The Labute approximate surface area is 175 Å². The fraction of sp³-hybridized carbons (Fsp3) is 0.136. The van der Waals surface area contributed by atoms with Crippen LogP contribution in [0.15, 0.2) is 63.9 Å². The van der Waals surface area contributed by atoms with Crippen molar-refractivity contribution in [3.63, 3.8) is 0 Å². The Balaban J connectivity index is 1.34. The number of aryl methyl sites for hydroxylation is 2. The summed E-state index contributed by atoms with van der Waals surface area (Å²) in [5.41, 5.74) is 2.95. The molecule has 0 bridgehead atoms. The molecule has 0 spiro atoms. The molecule has 0 aliphatic heterocycles. The van der Waals surface area contributed by atoms with Gasteiger partial charge >= 0.3 is 0 Å². The van der Waals surface area contributed by atoms with Crippen LogP contribution in [-0.2, 0) is 11.2 Å². The van der Waals surface area contributed by atoms with E-state index in [9.17, 15) is 9.59 Å². The lowest BCUT2D eigenvalue weighted by Gasteiger charge is -2.06. The molecule has 1 amide bonds. The second-order valence-electron chi connectivity index (χ2n) is 7.11. The van der Waals surface area contributed by atoms with Crippen molar-refractivity contribution in [2.24, 2.45) is 0 Å². The molecule has 5 aromatic rings. The van der Waals surface area contributed by atoms with Crippen molar-refractivity contribution in [3.8, 4) is 5.69 Å². The molecule has 0 fully saturated rings. The number of nitrogens with one attached hydrogen (secondary N) is 2. The molecule has 31 heavy (non-hydrogen) atoms. The number of aromatic amines is 1. The highest BCUT2D eigenvalue weighted by Gasteiger charge is 2.13. The third-order valence-electron chi connectivity index (χ3n) is 4.86. The fourth-order valence-electron chi connectivity index (χ4n) is 3.42. The summed E-state index contributed by atoms with van der Waals surface area (Å²) < 4.78 is 7.06. The summed E-state index contributed by atoms with van der Waals surface area (Å²) in [5, 5.41) is 7.52. The predicted octanol–water partition coefficient (Wildman–Crippen LogP) is 3.13. The molecule has 154 valence electrons. The molecule has 5 rings (SSSR count). The minimum atomic E-state index is -0.283. The van der Waals surface area contributed by atoms with Crippen molar-refractivity contribution in [2.45, 2.75) is 19.8 Å². The number of nitrogens with zero attached hydrogens (tertiary/aromatic N) is 4. The number of rotatable bonds is 5. The van der Waals surface area contributed by atoms with E-state index in [1.807, 2.05) is 30.3 Å². The van der Waals surface area contributed by atoms with Gasteiger partial charge in [-0.3, -0.25) is 9.59 Å². The highest BCUT2D eigenvalue weighted by Crippen LogP contribution is 2.20. The number of benzene rings is 2. The summed E-state index contributed by atoms with van der Waals surface area (Å²) in [4.78, 5) is 36.4. The number of H-pyrrole nitrogens is 1. The van der Waals surface area contributed by atoms with Gasteiger partial charge in [0.25, 0.3) is 5.56 Å². The first-order valence-corrected chi connectivity index (χ1v) is 9.76. The van der Waals surface area contributed by atoms with Crippen LogP contribution in [0.4, 0.5) is 5.69 Å². The number of fused-ring (bicyclic) bond motifs is 2. The number of hydrogen-bond acceptors (Lipinski definition) is 6. The summed E-state index contributed by atoms with van der Waals surface area (Å²) in [6, 6.07) is 14.7. The van der Waals surface area contributed by atoms with Crippen molar-refractivity contribution in [1.29, 1.82) is 0 Å². The van der Waals surface area contributed by atoms with E-state index in [4.69, 9.17) is 4.42 Å². The van der Waals surface area contributed by atoms with Gasteiger partial charge < -0.3 is 14.7 Å². The van der Waals surface area contributed by atoms with Crippen LogP contribution >= 0.6 is 0 Å². The van der Waals surface area contributed by atoms with Crippen molar-refractivity contribution in [2.75, 3.05) is 5.32 Å². The van der Waals surface area contributed by atoms with Gasteiger partial charge in [0.05, 0.1) is 11.9 Å². The fourth-order valence-corrected chi connectivity index (χ4v) is 3.42. The molecule has 0 radical (unpaired) electrons. The number of hydrogen-bond donors (Lipinski definition) is 2. The van der Waals surface area contributed by atoms with Crippen LogP contribution in [0.3, 0.4) is 0 Å². The maximum Gasteiger partial charge on any atom is 0.262 e. The zero-order chi connectivity index (χ0) is 21.4. The van der Waals surface area contributed by atoms with E-state index in [0.29, 0.717) is 39.5 Å². The van der Waals surface area contributed by atoms with E-state index < -0.39 is 0 Å². The SMILES string of the molecule is Cc1nc2cc(NC(=O)CCc3nc4c(cnn4-c4ccccc4)c(=O)[nH]3)ccc2o1. The molecule has 0 aliphatic carbocycles. The van der Waals surface area contributed by atoms with Gasteiger partial charge in [-0.25, -0.2) is 14.6 Å². The molecular formula is C22H18N6O3. The molecule has 0 aliphatic rings. The standard InChI is InChI=1S/C22H18N6O3/c1-13-24-17-11-14(7-8-18(17)31-13)25-20(29)10-9-19-26-21-16(22(30)27-19)12-23-28(21)15-5-3-2-4-6-15/h2-8,11-12H,9-10H2,1H3,(H,25,29)(H,26,27,30). The second-order valence-corrected chi connectivity index (χ2v) is 7.11. The smallest absolute Gasteiger partial charge is 0.262 e. The van der Waals surface area contributed by atoms with Crippen LogP contribution in [0.25, 0.3) is 27.8 Å². The number of carbonyl (C=O) groups is 1. The zero-order valence-electron chi connectivity index (χ0n) is 16.6. The van der Waals surface area contributed by atoms with Gasteiger partial charge in [0.1, 0.15) is 16.7 Å². The first-order valence-electron chi connectivity index (χ1n) is 9.76. The molecule has 3 heterocycles. The maximum atomic E-state index is 12.4. The van der Waals surface area contributed by atoms with Gasteiger partial charge in [-0.05, 0) is 30.3 Å². The number of para-hydroxylation sites is 1. The van der Waals surface area contributed by atoms with Crippen molar-refractivity contribution >= 4 is 33.7 Å². The number of amides is 1. The minimum Gasteiger partial charge on any atom is -0.441 e. The molecule has 2 aromatic carbocycles. The largest absolute Gasteiger partial charge is 0.441 e. The first-order chi connectivity index (χ1) is 15.1. The highest BCUT2D eigenvalue weighted by atomic mass is 16.3. The van der Waals surface area contributed by atoms with Crippen LogP contribution in [0.5, 0.6) is 0 Å². The number of anilines is 1. The first kappa shape index (κ1) is 18.7. The van der Waals surface area contributed by atoms with Crippen LogP contribution in [-0.4, -0.2) is 30.6 Å². The van der Waals surface area contributed by atoms with Gasteiger partial charge in [-0.1, -0.05) is 18.2 Å². The summed E-state index contributed by atoms with van der Waals surface area (Å²) in [7, 11) is 0. The lowest BCUT2D eigenvalue weighted by Crippen LogP contribution is -2.16. The second kappa shape index (κ2) is 7.52. The van der Waals surface area contributed by atoms with Gasteiger partial charge in [-0.2, -0.15) is 5.10 Å². The van der Waals surface area contributed by atoms with Crippen molar-refractivity contribution < 1.29 is 9.21 Å². The Morgan fingerprint density at radius 3 is 2.84 bits per heavy atom. The molecule has 0 unspecified atom stereocenters. The van der Waals surface area contributed by atoms with E-state index in [1.54, 1.807) is 29.8 Å². The summed E-state index contributed by atoms with van der Waals surface area (Å²) in [6.45, 7) is 1.77. The maximum absolute atomic E-state index is 12.4. The highest BCUT2D eigenvalue weighted by molar-refractivity contribution is 5.92. The van der Waals surface area contributed by atoms with E-state index in [0.717, 1.165) is 5.69 Å². The van der Waals surface area contributed by atoms with Gasteiger partial charge in [0, 0.05) is 25.5 Å². The van der Waals surface area contributed by atoms with Crippen LogP contribution in [0, 0.1) is 6.92 Å². The minimum absolute atomic E-state index is 0.157. The Hall–Kier alpha value is -4.27. The average Bonchev–Trinajstić information content (AvgIpc) is 3.35. The van der Waals surface area contributed by atoms with E-state index in [-0.39, 0.29) is 24.3 Å². The Kier molecular flexibility index (Phi) is 4.55. The molecule has 0 saturated heterocycles. The Morgan fingerprint density at radius 1 is 1.16 bits per heavy atom. The number of oxazole rings is 1. The van der Waals surface area contributed by atoms with E-state index in [1.165, 1.54) is 6.20 Å². The number of carbonyl (C=O) groups excluding carboxylic acids is 1. The van der Waals surface area contributed by atoms with Gasteiger partial charge in [0.2, 0.25) is 5.91 Å². The summed E-state index contributed by atoms with van der Waals surface area (Å²) in [5.74, 6) is 0.797. The monoisotopic (exact) mass is 414 g/mol. The molecule has 2 N–H and O–H groups in total. The molecule has 0 atom stereocenters.